The smallest absolute Gasteiger partial charge is 0.202 e. The molecule has 2 aromatic rings. The van der Waals surface area contributed by atoms with Crippen molar-refractivity contribution in [2.45, 2.75) is 70.9 Å². The molecule has 1 heterocycles. The number of thiophene rings is 1. The highest BCUT2D eigenvalue weighted by atomic mass is 35.5. The molecule has 0 spiro atoms. The zero-order valence-electron chi connectivity index (χ0n) is 18.3. The molecule has 1 saturated carbocycles. The monoisotopic (exact) mass is 447 g/mol. The van der Waals surface area contributed by atoms with E-state index in [1.165, 1.54) is 43.4 Å². The molecular formula is C25H34ClNO2S. The molecule has 0 aliphatic heterocycles. The van der Waals surface area contributed by atoms with Crippen LogP contribution in [-0.2, 0) is 12.0 Å². The van der Waals surface area contributed by atoms with Gasteiger partial charge in [-0.25, -0.2) is 0 Å². The van der Waals surface area contributed by atoms with Gasteiger partial charge < -0.3 is 5.11 Å². The van der Waals surface area contributed by atoms with Gasteiger partial charge in [-0.15, -0.1) is 30.3 Å². The number of ketones is 1. The van der Waals surface area contributed by atoms with Gasteiger partial charge in [0.2, 0.25) is 5.78 Å². The summed E-state index contributed by atoms with van der Waals surface area (Å²) >= 11 is 1.46. The minimum atomic E-state index is -0.251. The molecule has 0 amide bonds. The quantitative estimate of drug-likeness (QED) is 0.378. The third-order valence-electron chi connectivity index (χ3n) is 5.83. The molecule has 1 aliphatic rings. The Kier molecular flexibility index (Phi) is 8.72. The standard InChI is InChI=1S/C25H33NO2S.ClH/c1-5-13-26(20-10-7-6-8-11-20)17-19-15-18(24(28)22-12-9-14-29-22)16-21(23(19)27)25(2,3)4;/h5,9,12,14-16,20,27H,1,6-8,10-11,13,17H2,2-4H3;1H. The number of phenols is 1. The fourth-order valence-electron chi connectivity index (χ4n) is 4.24. The maximum atomic E-state index is 13.1. The minimum absolute atomic E-state index is 0. The highest BCUT2D eigenvalue weighted by molar-refractivity contribution is 7.12. The van der Waals surface area contributed by atoms with Crippen LogP contribution in [0.25, 0.3) is 0 Å². The third kappa shape index (κ3) is 5.75. The molecule has 1 fully saturated rings. The Bertz CT molecular complexity index is 849. The van der Waals surface area contributed by atoms with Crippen molar-refractivity contribution in [2.24, 2.45) is 0 Å². The van der Waals surface area contributed by atoms with Crippen molar-refractivity contribution >= 4 is 29.5 Å². The fraction of sp³-hybridized carbons (Fsp3) is 0.480. The number of nitrogens with zero attached hydrogens (tertiary/aromatic N) is 1. The Morgan fingerprint density at radius 1 is 1.27 bits per heavy atom. The molecule has 3 nitrogen and oxygen atoms in total. The second kappa shape index (κ2) is 10.6. The third-order valence-corrected chi connectivity index (χ3v) is 6.70. The van der Waals surface area contributed by atoms with Gasteiger partial charge in [0.25, 0.3) is 0 Å². The Labute approximate surface area is 191 Å². The molecule has 1 aliphatic carbocycles. The summed E-state index contributed by atoms with van der Waals surface area (Å²) in [7, 11) is 0. The maximum absolute atomic E-state index is 13.1. The van der Waals surface area contributed by atoms with Crippen molar-refractivity contribution in [3.8, 4) is 5.75 Å². The van der Waals surface area contributed by atoms with E-state index in [4.69, 9.17) is 0 Å². The van der Waals surface area contributed by atoms with Gasteiger partial charge in [-0.3, -0.25) is 9.69 Å². The zero-order chi connectivity index (χ0) is 21.0. The van der Waals surface area contributed by atoms with Crippen LogP contribution in [0.3, 0.4) is 0 Å². The summed E-state index contributed by atoms with van der Waals surface area (Å²) < 4.78 is 0. The summed E-state index contributed by atoms with van der Waals surface area (Å²) in [6.45, 7) is 11.6. The van der Waals surface area contributed by atoms with Gasteiger partial charge >= 0.3 is 0 Å². The van der Waals surface area contributed by atoms with Crippen LogP contribution in [0.5, 0.6) is 5.75 Å². The number of carbonyl (C=O) groups excluding carboxylic acids is 1. The first-order chi connectivity index (χ1) is 13.8. The number of phenolic OH excluding ortho intramolecular Hbond substituents is 1. The molecule has 164 valence electrons. The molecule has 0 saturated heterocycles. The van der Waals surface area contributed by atoms with Gasteiger partial charge in [0.15, 0.2) is 0 Å². The van der Waals surface area contributed by atoms with E-state index in [-0.39, 0.29) is 23.6 Å². The van der Waals surface area contributed by atoms with Crippen molar-refractivity contribution in [3.05, 3.63) is 63.9 Å². The van der Waals surface area contributed by atoms with Gasteiger partial charge in [-0.05, 0) is 41.8 Å². The second-order valence-corrected chi connectivity index (χ2v) is 10.0. The fourth-order valence-corrected chi connectivity index (χ4v) is 4.93. The summed E-state index contributed by atoms with van der Waals surface area (Å²) in [5, 5.41) is 13.0. The van der Waals surface area contributed by atoms with Crippen LogP contribution in [0.15, 0.2) is 42.3 Å². The normalized spacial score (nSPS) is 15.1. The summed E-state index contributed by atoms with van der Waals surface area (Å²) in [4.78, 5) is 16.2. The maximum Gasteiger partial charge on any atom is 0.202 e. The number of rotatable bonds is 7. The Hall–Kier alpha value is -1.62. The summed E-state index contributed by atoms with van der Waals surface area (Å²) in [6, 6.07) is 8.04. The molecule has 0 unspecified atom stereocenters. The van der Waals surface area contributed by atoms with Crippen molar-refractivity contribution < 1.29 is 9.90 Å². The van der Waals surface area contributed by atoms with E-state index in [1.54, 1.807) is 0 Å². The highest BCUT2D eigenvalue weighted by Crippen LogP contribution is 2.36. The molecule has 3 rings (SSSR count). The van der Waals surface area contributed by atoms with Gasteiger partial charge in [0, 0.05) is 35.8 Å². The van der Waals surface area contributed by atoms with E-state index in [0.717, 1.165) is 22.5 Å². The van der Waals surface area contributed by atoms with Crippen LogP contribution < -0.4 is 0 Å². The molecule has 0 atom stereocenters. The second-order valence-electron chi connectivity index (χ2n) is 9.10. The molecule has 0 bridgehead atoms. The molecule has 0 radical (unpaired) electrons. The Morgan fingerprint density at radius 2 is 1.97 bits per heavy atom. The van der Waals surface area contributed by atoms with Crippen molar-refractivity contribution in [1.29, 1.82) is 0 Å². The number of hydrogen-bond acceptors (Lipinski definition) is 4. The molecule has 1 aromatic carbocycles. The number of aromatic hydroxyl groups is 1. The Balaban J connectivity index is 0.00000320. The SMILES string of the molecule is C=CCN(Cc1cc(C(=O)c2cccs2)cc(C(C)(C)C)c1O)C1CCCCC1.Cl. The largest absolute Gasteiger partial charge is 0.507 e. The van der Waals surface area contributed by atoms with Crippen LogP contribution >= 0.6 is 23.7 Å². The van der Waals surface area contributed by atoms with E-state index < -0.39 is 0 Å². The van der Waals surface area contributed by atoms with Crippen LogP contribution in [0.4, 0.5) is 0 Å². The van der Waals surface area contributed by atoms with E-state index in [9.17, 15) is 9.90 Å². The van der Waals surface area contributed by atoms with Crippen molar-refractivity contribution in [3.63, 3.8) is 0 Å². The average molecular weight is 448 g/mol. The predicted octanol–water partition coefficient (Wildman–Crippen LogP) is 6.72. The lowest BCUT2D eigenvalue weighted by Gasteiger charge is -2.34. The van der Waals surface area contributed by atoms with Gasteiger partial charge in [-0.1, -0.05) is 52.2 Å². The average Bonchev–Trinajstić information content (AvgIpc) is 3.23. The van der Waals surface area contributed by atoms with Gasteiger partial charge in [-0.2, -0.15) is 0 Å². The summed E-state index contributed by atoms with van der Waals surface area (Å²) in [5.74, 6) is 0.352. The minimum Gasteiger partial charge on any atom is -0.507 e. The number of hydrogen-bond donors (Lipinski definition) is 1. The zero-order valence-corrected chi connectivity index (χ0v) is 20.0. The lowest BCUT2D eigenvalue weighted by molar-refractivity contribution is 0.104. The lowest BCUT2D eigenvalue weighted by Crippen LogP contribution is -2.36. The first-order valence-corrected chi connectivity index (χ1v) is 11.5. The van der Waals surface area contributed by atoms with E-state index in [2.05, 4.69) is 32.3 Å². The molecule has 1 aromatic heterocycles. The van der Waals surface area contributed by atoms with Gasteiger partial charge in [0.05, 0.1) is 4.88 Å². The van der Waals surface area contributed by atoms with Crippen LogP contribution in [0, 0.1) is 0 Å². The highest BCUT2D eigenvalue weighted by Gasteiger charge is 2.26. The van der Waals surface area contributed by atoms with E-state index >= 15 is 0 Å². The van der Waals surface area contributed by atoms with Crippen molar-refractivity contribution in [1.82, 2.24) is 4.90 Å². The van der Waals surface area contributed by atoms with E-state index in [1.807, 2.05) is 35.7 Å². The van der Waals surface area contributed by atoms with Gasteiger partial charge in [0.1, 0.15) is 5.75 Å². The molecule has 30 heavy (non-hydrogen) atoms. The number of carbonyl (C=O) groups is 1. The van der Waals surface area contributed by atoms with Crippen LogP contribution in [0.1, 0.15) is 79.2 Å². The molecule has 1 N–H and O–H groups in total. The Morgan fingerprint density at radius 3 is 2.53 bits per heavy atom. The predicted molar refractivity (Wildman–Crippen MR) is 129 cm³/mol. The number of benzene rings is 1. The molecule has 5 heteroatoms. The number of halogens is 1. The lowest BCUT2D eigenvalue weighted by atomic mass is 9.83. The van der Waals surface area contributed by atoms with Crippen LogP contribution in [0.2, 0.25) is 0 Å². The topological polar surface area (TPSA) is 40.5 Å². The summed E-state index contributed by atoms with van der Waals surface area (Å²) in [5.41, 5.74) is 2.08. The first-order valence-electron chi connectivity index (χ1n) is 10.6. The van der Waals surface area contributed by atoms with Crippen LogP contribution in [-0.4, -0.2) is 28.4 Å². The van der Waals surface area contributed by atoms with Crippen molar-refractivity contribution in [2.75, 3.05) is 6.54 Å². The first kappa shape index (κ1) is 24.6. The van der Waals surface area contributed by atoms with E-state index in [0.29, 0.717) is 23.9 Å². The summed E-state index contributed by atoms with van der Waals surface area (Å²) in [6.07, 6.45) is 8.14. The molecular weight excluding hydrogens is 414 g/mol.